The van der Waals surface area contributed by atoms with Crippen LogP contribution in [0.3, 0.4) is 0 Å². The van der Waals surface area contributed by atoms with Crippen LogP contribution in [0.25, 0.3) is 10.1 Å². The molecule has 0 bridgehead atoms. The second-order valence-electron chi connectivity index (χ2n) is 6.13. The molecule has 3 aromatic rings. The molecule has 1 aromatic heterocycles. The highest BCUT2D eigenvalue weighted by molar-refractivity contribution is 7.21. The van der Waals surface area contributed by atoms with E-state index in [-0.39, 0.29) is 27.7 Å². The van der Waals surface area contributed by atoms with Gasteiger partial charge in [0.15, 0.2) is 0 Å². The van der Waals surface area contributed by atoms with Crippen LogP contribution in [0.4, 0.5) is 10.1 Å². The Bertz CT molecular complexity index is 1030. The first kappa shape index (κ1) is 17.0. The number of rotatable bonds is 4. The summed E-state index contributed by atoms with van der Waals surface area (Å²) in [6.45, 7) is 0. The number of para-hydroxylation sites is 1. The van der Waals surface area contributed by atoms with E-state index < -0.39 is 5.91 Å². The minimum absolute atomic E-state index is 0.215. The molecule has 0 unspecified atom stereocenters. The molecule has 26 heavy (non-hydrogen) atoms. The van der Waals surface area contributed by atoms with Crippen LogP contribution >= 0.6 is 22.9 Å². The van der Waals surface area contributed by atoms with Crippen LogP contribution < -0.4 is 10.6 Å². The summed E-state index contributed by atoms with van der Waals surface area (Å²) in [5.74, 6) is -1.03. The van der Waals surface area contributed by atoms with Gasteiger partial charge in [-0.25, -0.2) is 4.39 Å². The van der Waals surface area contributed by atoms with Crippen LogP contribution in [0.15, 0.2) is 42.5 Å². The molecule has 2 amide bonds. The van der Waals surface area contributed by atoms with Crippen molar-refractivity contribution in [3.05, 3.63) is 63.7 Å². The maximum atomic E-state index is 13.4. The molecule has 4 nitrogen and oxygen atoms in total. The predicted molar refractivity (Wildman–Crippen MR) is 102 cm³/mol. The predicted octanol–water partition coefficient (Wildman–Crippen LogP) is 4.84. The number of carbonyl (C=O) groups excluding carboxylic acids is 2. The molecule has 132 valence electrons. The molecule has 1 aliphatic rings. The SMILES string of the molecule is O=C(NC1CC1)c1ccccc1NC(=O)c1sc2cc(F)ccc2c1Cl. The normalized spacial score (nSPS) is 13.6. The van der Waals surface area contributed by atoms with Crippen molar-refractivity contribution in [1.29, 1.82) is 0 Å². The molecule has 1 aliphatic carbocycles. The second kappa shape index (κ2) is 6.70. The Morgan fingerprint density at radius 1 is 1.12 bits per heavy atom. The van der Waals surface area contributed by atoms with Gasteiger partial charge in [0, 0.05) is 16.1 Å². The molecule has 0 saturated heterocycles. The monoisotopic (exact) mass is 388 g/mol. The Morgan fingerprint density at radius 2 is 1.88 bits per heavy atom. The summed E-state index contributed by atoms with van der Waals surface area (Å²) in [6.07, 6.45) is 1.96. The number of fused-ring (bicyclic) bond motifs is 1. The molecule has 2 aromatic carbocycles. The van der Waals surface area contributed by atoms with E-state index in [2.05, 4.69) is 10.6 Å². The third kappa shape index (κ3) is 3.30. The topological polar surface area (TPSA) is 58.2 Å². The van der Waals surface area contributed by atoms with Crippen molar-refractivity contribution in [2.75, 3.05) is 5.32 Å². The van der Waals surface area contributed by atoms with Crippen molar-refractivity contribution in [2.45, 2.75) is 18.9 Å². The molecule has 1 heterocycles. The van der Waals surface area contributed by atoms with Gasteiger partial charge in [-0.05, 0) is 43.2 Å². The largest absolute Gasteiger partial charge is 0.349 e. The van der Waals surface area contributed by atoms with E-state index in [1.54, 1.807) is 30.3 Å². The fraction of sp³-hybridized carbons (Fsp3) is 0.158. The number of nitrogens with one attached hydrogen (secondary N) is 2. The lowest BCUT2D eigenvalue weighted by molar-refractivity contribution is 0.0952. The van der Waals surface area contributed by atoms with Crippen LogP contribution in [0.1, 0.15) is 32.9 Å². The van der Waals surface area contributed by atoms with E-state index in [0.29, 0.717) is 21.3 Å². The zero-order valence-electron chi connectivity index (χ0n) is 13.5. The first-order valence-electron chi connectivity index (χ1n) is 8.12. The number of hydrogen-bond donors (Lipinski definition) is 2. The summed E-state index contributed by atoms with van der Waals surface area (Å²) in [4.78, 5) is 25.3. The van der Waals surface area contributed by atoms with Crippen molar-refractivity contribution < 1.29 is 14.0 Å². The number of thiophene rings is 1. The fourth-order valence-corrected chi connectivity index (χ4v) is 4.08. The number of halogens is 2. The highest BCUT2D eigenvalue weighted by atomic mass is 35.5. The lowest BCUT2D eigenvalue weighted by atomic mass is 10.1. The quantitative estimate of drug-likeness (QED) is 0.672. The van der Waals surface area contributed by atoms with Crippen molar-refractivity contribution >= 4 is 50.5 Å². The highest BCUT2D eigenvalue weighted by Gasteiger charge is 2.25. The Labute approximate surface area is 158 Å². The summed E-state index contributed by atoms with van der Waals surface area (Å²) in [5.41, 5.74) is 0.811. The minimum atomic E-state index is -0.428. The standard InChI is InChI=1S/C19H14ClFN2O2S/c20-16-13-8-5-10(21)9-15(13)26-17(16)19(25)23-14-4-2-1-3-12(14)18(24)22-11-6-7-11/h1-5,8-9,11H,6-7H2,(H,22,24)(H,23,25). The van der Waals surface area contributed by atoms with Crippen LogP contribution in [0.5, 0.6) is 0 Å². The summed E-state index contributed by atoms with van der Waals surface area (Å²) in [5, 5.41) is 6.57. The van der Waals surface area contributed by atoms with Crippen LogP contribution in [-0.4, -0.2) is 17.9 Å². The first-order chi connectivity index (χ1) is 12.5. The summed E-state index contributed by atoms with van der Waals surface area (Å²) in [6, 6.07) is 11.2. The van der Waals surface area contributed by atoms with Crippen molar-refractivity contribution in [1.82, 2.24) is 5.32 Å². The molecule has 2 N–H and O–H groups in total. The van der Waals surface area contributed by atoms with E-state index in [1.807, 2.05) is 0 Å². The Balaban J connectivity index is 1.62. The van der Waals surface area contributed by atoms with Gasteiger partial charge in [-0.15, -0.1) is 11.3 Å². The van der Waals surface area contributed by atoms with E-state index in [4.69, 9.17) is 11.6 Å². The molecular formula is C19H14ClFN2O2S. The maximum absolute atomic E-state index is 13.4. The zero-order chi connectivity index (χ0) is 18.3. The zero-order valence-corrected chi connectivity index (χ0v) is 15.1. The summed E-state index contributed by atoms with van der Waals surface area (Å²) in [7, 11) is 0. The van der Waals surface area contributed by atoms with Gasteiger partial charge in [0.1, 0.15) is 10.7 Å². The third-order valence-corrected chi connectivity index (χ3v) is 5.79. The maximum Gasteiger partial charge on any atom is 0.267 e. The van der Waals surface area contributed by atoms with Crippen LogP contribution in [0, 0.1) is 5.82 Å². The second-order valence-corrected chi connectivity index (χ2v) is 7.56. The number of anilines is 1. The molecule has 7 heteroatoms. The Morgan fingerprint density at radius 3 is 2.65 bits per heavy atom. The average molecular weight is 389 g/mol. The average Bonchev–Trinajstić information content (AvgIpc) is 3.37. The Kier molecular flexibility index (Phi) is 4.38. The number of hydrogen-bond acceptors (Lipinski definition) is 3. The van der Waals surface area contributed by atoms with Crippen molar-refractivity contribution in [3.8, 4) is 0 Å². The van der Waals surface area contributed by atoms with Gasteiger partial charge in [-0.1, -0.05) is 23.7 Å². The lowest BCUT2D eigenvalue weighted by Crippen LogP contribution is -2.26. The van der Waals surface area contributed by atoms with Crippen molar-refractivity contribution in [2.24, 2.45) is 0 Å². The van der Waals surface area contributed by atoms with E-state index >= 15 is 0 Å². The van der Waals surface area contributed by atoms with E-state index in [9.17, 15) is 14.0 Å². The minimum Gasteiger partial charge on any atom is -0.349 e. The lowest BCUT2D eigenvalue weighted by Gasteiger charge is -2.10. The van der Waals surface area contributed by atoms with Crippen LogP contribution in [0.2, 0.25) is 5.02 Å². The Hall–Kier alpha value is -2.44. The summed E-state index contributed by atoms with van der Waals surface area (Å²) >= 11 is 7.41. The van der Waals surface area contributed by atoms with Gasteiger partial charge in [0.25, 0.3) is 11.8 Å². The molecule has 1 saturated carbocycles. The smallest absolute Gasteiger partial charge is 0.267 e. The van der Waals surface area contributed by atoms with E-state index in [0.717, 1.165) is 24.2 Å². The molecule has 0 spiro atoms. The molecule has 4 rings (SSSR count). The van der Waals surface area contributed by atoms with Gasteiger partial charge in [-0.3, -0.25) is 9.59 Å². The van der Waals surface area contributed by atoms with Gasteiger partial charge >= 0.3 is 0 Å². The van der Waals surface area contributed by atoms with Gasteiger partial charge < -0.3 is 10.6 Å². The van der Waals surface area contributed by atoms with Crippen molar-refractivity contribution in [3.63, 3.8) is 0 Å². The first-order valence-corrected chi connectivity index (χ1v) is 9.31. The number of benzene rings is 2. The molecule has 0 atom stereocenters. The van der Waals surface area contributed by atoms with Gasteiger partial charge in [-0.2, -0.15) is 0 Å². The van der Waals surface area contributed by atoms with Crippen LogP contribution in [-0.2, 0) is 0 Å². The highest BCUT2D eigenvalue weighted by Crippen LogP contribution is 2.36. The molecule has 1 fully saturated rings. The van der Waals surface area contributed by atoms with E-state index in [1.165, 1.54) is 12.1 Å². The number of amides is 2. The third-order valence-electron chi connectivity index (χ3n) is 4.13. The van der Waals surface area contributed by atoms with Gasteiger partial charge in [0.2, 0.25) is 0 Å². The fourth-order valence-electron chi connectivity index (χ4n) is 2.65. The number of carbonyl (C=O) groups is 2. The summed E-state index contributed by atoms with van der Waals surface area (Å²) < 4.78 is 14.0. The molecule has 0 radical (unpaired) electrons. The van der Waals surface area contributed by atoms with Gasteiger partial charge in [0.05, 0.1) is 16.3 Å². The molecular weight excluding hydrogens is 375 g/mol. The molecule has 0 aliphatic heterocycles.